The van der Waals surface area contributed by atoms with Gasteiger partial charge in [-0.1, -0.05) is 48.9 Å². The topological polar surface area (TPSA) is 84.5 Å². The van der Waals surface area contributed by atoms with Crippen LogP contribution in [0.3, 0.4) is 0 Å². The Morgan fingerprint density at radius 3 is 2.33 bits per heavy atom. The fourth-order valence-electron chi connectivity index (χ4n) is 4.67. The molecule has 0 aromatic heterocycles. The molecule has 2 N–H and O–H groups in total. The van der Waals surface area contributed by atoms with Gasteiger partial charge in [-0.05, 0) is 75.6 Å². The third-order valence-electron chi connectivity index (χ3n) is 6.70. The average Bonchev–Trinajstić information content (AvgIpc) is 2.88. The fourth-order valence-corrected chi connectivity index (χ4v) is 4.90. The van der Waals surface area contributed by atoms with Crippen LogP contribution in [0, 0.1) is 11.8 Å². The minimum absolute atomic E-state index is 0.00593. The molecule has 6 nitrogen and oxygen atoms in total. The minimum Gasteiger partial charge on any atom is -0.489 e. The van der Waals surface area contributed by atoms with Gasteiger partial charge in [-0.2, -0.15) is 0 Å². The molecule has 1 aliphatic carbocycles. The summed E-state index contributed by atoms with van der Waals surface area (Å²) in [5.41, 5.74) is 1.48. The van der Waals surface area contributed by atoms with Crippen LogP contribution in [0.1, 0.15) is 75.2 Å². The van der Waals surface area contributed by atoms with Gasteiger partial charge in [-0.25, -0.2) is 0 Å². The van der Waals surface area contributed by atoms with E-state index in [-0.39, 0.29) is 35.5 Å². The van der Waals surface area contributed by atoms with Crippen LogP contribution in [0.2, 0.25) is 5.02 Å². The summed E-state index contributed by atoms with van der Waals surface area (Å²) < 4.78 is 5.63. The maximum absolute atomic E-state index is 12.9. The third-order valence-corrected chi connectivity index (χ3v) is 6.99. The van der Waals surface area contributed by atoms with Crippen molar-refractivity contribution in [1.82, 2.24) is 10.6 Å². The number of Topliss-reactive ketones (excluding diaryl/α,β-unsaturated/α-hetero) is 1. The first-order valence-electron chi connectivity index (χ1n) is 12.9. The van der Waals surface area contributed by atoms with E-state index in [9.17, 15) is 14.4 Å². The molecule has 2 amide bonds. The number of rotatable bonds is 11. The molecule has 1 saturated carbocycles. The van der Waals surface area contributed by atoms with E-state index in [1.54, 1.807) is 18.2 Å². The molecule has 0 radical (unpaired) electrons. The molecule has 3 rings (SSSR count). The zero-order chi connectivity index (χ0) is 26.1. The molecule has 1 unspecified atom stereocenters. The van der Waals surface area contributed by atoms with Crippen LogP contribution < -0.4 is 15.4 Å². The van der Waals surface area contributed by atoms with Gasteiger partial charge >= 0.3 is 0 Å². The van der Waals surface area contributed by atoms with Gasteiger partial charge in [0.1, 0.15) is 5.75 Å². The number of halogens is 1. The first kappa shape index (κ1) is 27.7. The fraction of sp³-hybridized carbons (Fsp3) is 0.483. The Labute approximate surface area is 219 Å². The van der Waals surface area contributed by atoms with Crippen molar-refractivity contribution in [3.8, 4) is 5.75 Å². The van der Waals surface area contributed by atoms with Crippen LogP contribution in [0.25, 0.3) is 0 Å². The summed E-state index contributed by atoms with van der Waals surface area (Å²) in [7, 11) is 0. The van der Waals surface area contributed by atoms with Gasteiger partial charge in [0.25, 0.3) is 5.91 Å². The molecule has 2 aromatic rings. The number of hydrogen-bond donors (Lipinski definition) is 2. The standard InChI is InChI=1S/C29H37ClN2O4/c1-4-26(33)25(32-29(35)23-14-15-27(24(30)17-23)36-19(2)3)16-20-10-12-22(13-11-20)28(34)31-18-21-8-6-5-7-9-21/h5-9,14-15,17,19-20,22,25H,4,10-13,16,18H2,1-3H3,(H,31,34)(H,32,35). The molecule has 1 fully saturated rings. The highest BCUT2D eigenvalue weighted by Crippen LogP contribution is 2.32. The Morgan fingerprint density at radius 1 is 1.03 bits per heavy atom. The number of ether oxygens (including phenoxy) is 1. The van der Waals surface area contributed by atoms with Crippen molar-refractivity contribution in [3.63, 3.8) is 0 Å². The molecule has 0 aliphatic heterocycles. The molecule has 0 bridgehead atoms. The molecule has 0 spiro atoms. The molecule has 1 atom stereocenters. The van der Waals surface area contributed by atoms with Crippen molar-refractivity contribution in [2.24, 2.45) is 11.8 Å². The van der Waals surface area contributed by atoms with Crippen molar-refractivity contribution in [1.29, 1.82) is 0 Å². The van der Waals surface area contributed by atoms with E-state index in [2.05, 4.69) is 10.6 Å². The Kier molecular flexibility index (Phi) is 10.4. The van der Waals surface area contributed by atoms with E-state index in [1.165, 1.54) is 0 Å². The lowest BCUT2D eigenvalue weighted by Crippen LogP contribution is -2.42. The number of hydrogen-bond acceptors (Lipinski definition) is 4. The molecule has 36 heavy (non-hydrogen) atoms. The number of carbonyl (C=O) groups excluding carboxylic acids is 3. The molecule has 2 aromatic carbocycles. The summed E-state index contributed by atoms with van der Waals surface area (Å²) >= 11 is 6.29. The number of nitrogens with one attached hydrogen (secondary N) is 2. The van der Waals surface area contributed by atoms with Crippen molar-refractivity contribution in [2.45, 2.75) is 78.0 Å². The first-order chi connectivity index (χ1) is 17.3. The summed E-state index contributed by atoms with van der Waals surface area (Å²) in [6, 6.07) is 14.2. The average molecular weight is 513 g/mol. The van der Waals surface area contributed by atoms with Crippen LogP contribution in [0.15, 0.2) is 48.5 Å². The maximum atomic E-state index is 12.9. The number of ketones is 1. The Balaban J connectivity index is 1.52. The van der Waals surface area contributed by atoms with Crippen LogP contribution in [-0.2, 0) is 16.1 Å². The largest absolute Gasteiger partial charge is 0.489 e. The van der Waals surface area contributed by atoms with E-state index >= 15 is 0 Å². The SMILES string of the molecule is CCC(=O)C(CC1CCC(C(=O)NCc2ccccc2)CC1)NC(=O)c1ccc(OC(C)C)c(Cl)c1. The molecule has 0 heterocycles. The number of carbonyl (C=O) groups is 3. The molecule has 0 saturated heterocycles. The summed E-state index contributed by atoms with van der Waals surface area (Å²) in [5.74, 6) is 0.580. The van der Waals surface area contributed by atoms with E-state index in [4.69, 9.17) is 16.3 Å². The van der Waals surface area contributed by atoms with E-state index in [0.29, 0.717) is 35.7 Å². The van der Waals surface area contributed by atoms with Crippen molar-refractivity contribution >= 4 is 29.2 Å². The molecule has 7 heteroatoms. The maximum Gasteiger partial charge on any atom is 0.251 e. The van der Waals surface area contributed by atoms with Gasteiger partial charge in [-0.15, -0.1) is 0 Å². The zero-order valence-electron chi connectivity index (χ0n) is 21.4. The van der Waals surface area contributed by atoms with Crippen LogP contribution in [0.4, 0.5) is 0 Å². The predicted octanol–water partition coefficient (Wildman–Crippen LogP) is 5.72. The van der Waals surface area contributed by atoms with Crippen molar-refractivity contribution in [3.05, 3.63) is 64.7 Å². The van der Waals surface area contributed by atoms with E-state index < -0.39 is 6.04 Å². The summed E-state index contributed by atoms with van der Waals surface area (Å²) in [6.45, 7) is 6.16. The van der Waals surface area contributed by atoms with Gasteiger partial charge in [0.2, 0.25) is 5.91 Å². The molecule has 1 aliphatic rings. The number of benzene rings is 2. The Bertz CT molecular complexity index is 1030. The summed E-state index contributed by atoms with van der Waals surface area (Å²) in [4.78, 5) is 38.2. The van der Waals surface area contributed by atoms with Gasteiger partial charge in [0, 0.05) is 24.4 Å². The highest BCUT2D eigenvalue weighted by Gasteiger charge is 2.30. The summed E-state index contributed by atoms with van der Waals surface area (Å²) in [5, 5.41) is 6.33. The Morgan fingerprint density at radius 2 is 1.72 bits per heavy atom. The number of amides is 2. The highest BCUT2D eigenvalue weighted by molar-refractivity contribution is 6.32. The quantitative estimate of drug-likeness (QED) is 0.403. The lowest BCUT2D eigenvalue weighted by atomic mass is 9.78. The van der Waals surface area contributed by atoms with Crippen LogP contribution >= 0.6 is 11.6 Å². The van der Waals surface area contributed by atoms with Gasteiger partial charge < -0.3 is 15.4 Å². The second kappa shape index (κ2) is 13.4. The van der Waals surface area contributed by atoms with Gasteiger partial charge in [0.05, 0.1) is 17.2 Å². The zero-order valence-corrected chi connectivity index (χ0v) is 22.1. The second-order valence-corrected chi connectivity index (χ2v) is 10.2. The van der Waals surface area contributed by atoms with E-state index in [1.807, 2.05) is 51.1 Å². The van der Waals surface area contributed by atoms with Crippen LogP contribution in [0.5, 0.6) is 5.75 Å². The van der Waals surface area contributed by atoms with Gasteiger partial charge in [0.15, 0.2) is 5.78 Å². The lowest BCUT2D eigenvalue weighted by molar-refractivity contribution is -0.126. The smallest absolute Gasteiger partial charge is 0.251 e. The normalized spacial score (nSPS) is 18.4. The lowest BCUT2D eigenvalue weighted by Gasteiger charge is -2.30. The first-order valence-corrected chi connectivity index (χ1v) is 13.3. The molecule has 194 valence electrons. The monoisotopic (exact) mass is 512 g/mol. The second-order valence-electron chi connectivity index (χ2n) is 9.81. The van der Waals surface area contributed by atoms with E-state index in [0.717, 1.165) is 31.2 Å². The van der Waals surface area contributed by atoms with Crippen molar-refractivity contribution in [2.75, 3.05) is 0 Å². The van der Waals surface area contributed by atoms with Crippen LogP contribution in [-0.4, -0.2) is 29.7 Å². The van der Waals surface area contributed by atoms with Gasteiger partial charge in [-0.3, -0.25) is 14.4 Å². The Hall–Kier alpha value is -2.86. The molecular weight excluding hydrogens is 476 g/mol. The van der Waals surface area contributed by atoms with Crippen molar-refractivity contribution < 1.29 is 19.1 Å². The summed E-state index contributed by atoms with van der Waals surface area (Å²) in [6.07, 6.45) is 4.21. The minimum atomic E-state index is -0.554. The predicted molar refractivity (Wildman–Crippen MR) is 142 cm³/mol. The molecular formula is C29H37ClN2O4. The highest BCUT2D eigenvalue weighted by atomic mass is 35.5. The third kappa shape index (κ3) is 8.09.